The topological polar surface area (TPSA) is 70.4 Å². The van der Waals surface area contributed by atoms with Crippen molar-refractivity contribution >= 4 is 29.3 Å². The number of rotatable bonds is 7. The maximum atomic E-state index is 13.0. The predicted octanol–water partition coefficient (Wildman–Crippen LogP) is 4.02. The quantitative estimate of drug-likeness (QED) is 0.514. The van der Waals surface area contributed by atoms with Gasteiger partial charge in [-0.1, -0.05) is 0 Å². The minimum Gasteiger partial charge on any atom is -0.452 e. The number of hydrogen-bond acceptors (Lipinski definition) is 5. The van der Waals surface area contributed by atoms with E-state index < -0.39 is 5.97 Å². The molecule has 0 atom stereocenters. The molecule has 4 fully saturated rings. The largest absolute Gasteiger partial charge is 0.452 e. The Hall–Kier alpha value is -2.13. The Kier molecular flexibility index (Phi) is 5.54. The average molecular weight is 399 g/mol. The predicted molar refractivity (Wildman–Crippen MR) is 107 cm³/mol. The van der Waals surface area contributed by atoms with E-state index in [0.29, 0.717) is 30.7 Å². The highest BCUT2D eigenvalue weighted by Gasteiger charge is 2.54. The first kappa shape index (κ1) is 19.2. The number of carbonyl (C=O) groups is 2. The molecule has 1 heterocycles. The van der Waals surface area contributed by atoms with Crippen LogP contribution in [-0.4, -0.2) is 35.5 Å². The summed E-state index contributed by atoms with van der Waals surface area (Å²) >= 11 is 1.56. The van der Waals surface area contributed by atoms with Crippen LogP contribution in [0.2, 0.25) is 0 Å². The fourth-order valence-electron chi connectivity index (χ4n) is 5.98. The normalized spacial score (nSPS) is 30.3. The molecule has 0 aliphatic heterocycles. The number of carbonyl (C=O) groups excluding carboxylic acids is 2. The maximum absolute atomic E-state index is 13.0. The molecule has 1 aromatic rings. The zero-order valence-electron chi connectivity index (χ0n) is 16.0. The molecule has 0 unspecified atom stereocenters. The first-order chi connectivity index (χ1) is 13.6. The number of nitrogens with zero attached hydrogens (tertiary/aromatic N) is 2. The summed E-state index contributed by atoms with van der Waals surface area (Å²) in [4.78, 5) is 26.9. The first-order valence-corrected chi connectivity index (χ1v) is 11.1. The fraction of sp³-hybridized carbons (Fsp3) is 0.591. The van der Waals surface area contributed by atoms with E-state index in [9.17, 15) is 9.59 Å². The van der Waals surface area contributed by atoms with Gasteiger partial charge in [-0.25, -0.2) is 4.79 Å². The monoisotopic (exact) mass is 398 g/mol. The summed E-state index contributed by atoms with van der Waals surface area (Å²) < 4.78 is 5.23. The van der Waals surface area contributed by atoms with Crippen LogP contribution in [0.1, 0.15) is 50.5 Å². The number of amides is 1. The molecule has 5 nitrogen and oxygen atoms in total. The van der Waals surface area contributed by atoms with Gasteiger partial charge in [0.05, 0.1) is 12.5 Å². The number of nitriles is 1. The molecule has 0 spiro atoms. The van der Waals surface area contributed by atoms with Crippen molar-refractivity contribution in [2.75, 3.05) is 13.2 Å². The van der Waals surface area contributed by atoms with Crippen molar-refractivity contribution in [3.63, 3.8) is 0 Å². The molecular formula is C22H26N2O3S. The van der Waals surface area contributed by atoms with Gasteiger partial charge in [0, 0.05) is 18.2 Å². The van der Waals surface area contributed by atoms with Gasteiger partial charge < -0.3 is 9.64 Å². The lowest BCUT2D eigenvalue weighted by atomic mass is 9.52. The Labute approximate surface area is 170 Å². The lowest BCUT2D eigenvalue weighted by Crippen LogP contribution is -2.62. The van der Waals surface area contributed by atoms with Gasteiger partial charge in [0.2, 0.25) is 0 Å². The molecule has 5 rings (SSSR count). The summed E-state index contributed by atoms with van der Waals surface area (Å²) in [6.45, 7) is 0.184. The minimum atomic E-state index is -0.509. The van der Waals surface area contributed by atoms with Gasteiger partial charge in [-0.3, -0.25) is 4.79 Å². The molecule has 28 heavy (non-hydrogen) atoms. The Morgan fingerprint density at radius 3 is 2.50 bits per heavy atom. The molecule has 0 aromatic carbocycles. The molecule has 1 aromatic heterocycles. The van der Waals surface area contributed by atoms with Crippen LogP contribution in [0.5, 0.6) is 0 Å². The van der Waals surface area contributed by atoms with Crippen molar-refractivity contribution in [3.05, 3.63) is 28.5 Å². The van der Waals surface area contributed by atoms with E-state index in [-0.39, 0.29) is 18.1 Å². The van der Waals surface area contributed by atoms with Crippen molar-refractivity contribution in [1.82, 2.24) is 4.90 Å². The maximum Gasteiger partial charge on any atom is 0.331 e. The highest BCUT2D eigenvalue weighted by molar-refractivity contribution is 7.08. The summed E-state index contributed by atoms with van der Waals surface area (Å²) in [5.41, 5.74) is 0.819. The smallest absolute Gasteiger partial charge is 0.331 e. The van der Waals surface area contributed by atoms with Gasteiger partial charge in [-0.2, -0.15) is 16.6 Å². The average Bonchev–Trinajstić information content (AvgIpc) is 3.17. The molecular weight excluding hydrogens is 372 g/mol. The second kappa shape index (κ2) is 8.08. The van der Waals surface area contributed by atoms with Crippen LogP contribution < -0.4 is 0 Å². The van der Waals surface area contributed by atoms with E-state index in [1.54, 1.807) is 17.4 Å². The van der Waals surface area contributed by atoms with Crippen molar-refractivity contribution in [2.45, 2.75) is 50.5 Å². The van der Waals surface area contributed by atoms with E-state index in [2.05, 4.69) is 6.07 Å². The van der Waals surface area contributed by atoms with E-state index >= 15 is 0 Å². The van der Waals surface area contributed by atoms with E-state index in [4.69, 9.17) is 10.00 Å². The number of esters is 1. The second-order valence-electron chi connectivity index (χ2n) is 8.59. The summed E-state index contributed by atoms with van der Waals surface area (Å²) in [7, 11) is 0. The zero-order chi connectivity index (χ0) is 19.6. The third kappa shape index (κ3) is 4.00. The molecule has 4 aliphatic carbocycles. The van der Waals surface area contributed by atoms with Gasteiger partial charge >= 0.3 is 5.97 Å². The van der Waals surface area contributed by atoms with Crippen LogP contribution >= 0.6 is 11.3 Å². The lowest BCUT2D eigenvalue weighted by molar-refractivity contribution is -0.160. The Morgan fingerprint density at radius 1 is 1.25 bits per heavy atom. The van der Waals surface area contributed by atoms with Gasteiger partial charge in [-0.05, 0) is 84.7 Å². The summed E-state index contributed by atoms with van der Waals surface area (Å²) in [6, 6.07) is 4.09. The van der Waals surface area contributed by atoms with Gasteiger partial charge in [0.15, 0.2) is 6.61 Å². The SMILES string of the molecule is N#CCCN(C(=O)COC(=O)/C=C/c1ccsc1)C12CC3CC(CC(C3)C1)C2. The molecule has 0 saturated heterocycles. The summed E-state index contributed by atoms with van der Waals surface area (Å²) in [6.07, 6.45) is 10.4. The van der Waals surface area contributed by atoms with Crippen LogP contribution in [-0.2, 0) is 14.3 Å². The number of ether oxygens (including phenoxy) is 1. The van der Waals surface area contributed by atoms with E-state index in [1.165, 1.54) is 25.3 Å². The third-order valence-electron chi connectivity index (χ3n) is 6.62. The molecule has 6 heteroatoms. The molecule has 4 aliphatic rings. The summed E-state index contributed by atoms with van der Waals surface area (Å²) in [5, 5.41) is 12.9. The Morgan fingerprint density at radius 2 is 1.93 bits per heavy atom. The highest BCUT2D eigenvalue weighted by Crippen LogP contribution is 2.57. The van der Waals surface area contributed by atoms with Crippen LogP contribution in [0, 0.1) is 29.1 Å². The van der Waals surface area contributed by atoms with Crippen molar-refractivity contribution in [1.29, 1.82) is 5.26 Å². The van der Waals surface area contributed by atoms with Crippen LogP contribution in [0.4, 0.5) is 0 Å². The molecule has 4 bridgehead atoms. The van der Waals surface area contributed by atoms with Crippen molar-refractivity contribution in [3.8, 4) is 6.07 Å². The Balaban J connectivity index is 1.40. The van der Waals surface area contributed by atoms with E-state index in [1.807, 2.05) is 21.7 Å². The van der Waals surface area contributed by atoms with Crippen LogP contribution in [0.25, 0.3) is 6.08 Å². The molecule has 148 valence electrons. The van der Waals surface area contributed by atoms with Crippen molar-refractivity contribution in [2.24, 2.45) is 17.8 Å². The molecule has 0 radical (unpaired) electrons. The highest BCUT2D eigenvalue weighted by atomic mass is 32.1. The standard InChI is InChI=1S/C22H26N2O3S/c23-5-1-6-24(22-11-17-8-18(12-22)10-19(9-17)13-22)20(25)14-27-21(26)3-2-16-4-7-28-15-16/h2-4,7,15,17-19H,1,6,8-14H2/b3-2+. The zero-order valence-corrected chi connectivity index (χ0v) is 16.8. The summed E-state index contributed by atoms with van der Waals surface area (Å²) in [5.74, 6) is 1.46. The molecule has 1 amide bonds. The fourth-order valence-corrected chi connectivity index (χ4v) is 6.61. The Bertz CT molecular complexity index is 758. The van der Waals surface area contributed by atoms with E-state index in [0.717, 1.165) is 24.8 Å². The minimum absolute atomic E-state index is 0.123. The molecule has 4 saturated carbocycles. The van der Waals surface area contributed by atoms with Crippen molar-refractivity contribution < 1.29 is 14.3 Å². The second-order valence-corrected chi connectivity index (χ2v) is 9.37. The van der Waals surface area contributed by atoms with Gasteiger partial charge in [0.1, 0.15) is 0 Å². The lowest BCUT2D eigenvalue weighted by Gasteiger charge is -2.60. The first-order valence-electron chi connectivity index (χ1n) is 10.1. The van der Waals surface area contributed by atoms with Crippen LogP contribution in [0.3, 0.4) is 0 Å². The third-order valence-corrected chi connectivity index (χ3v) is 7.32. The number of hydrogen-bond donors (Lipinski definition) is 0. The van der Waals surface area contributed by atoms with Crippen LogP contribution in [0.15, 0.2) is 22.9 Å². The number of thiophene rings is 1. The van der Waals surface area contributed by atoms with Gasteiger partial charge in [-0.15, -0.1) is 0 Å². The van der Waals surface area contributed by atoms with Gasteiger partial charge in [0.25, 0.3) is 5.91 Å². The molecule has 0 N–H and O–H groups in total.